The average molecular weight is 371 g/mol. The molecule has 4 heteroatoms. The van der Waals surface area contributed by atoms with Crippen LogP contribution in [0.3, 0.4) is 0 Å². The minimum Gasteiger partial charge on any atom is -0.310 e. The van der Waals surface area contributed by atoms with Crippen LogP contribution in [0, 0.1) is 5.82 Å². The predicted octanol–water partition coefficient (Wildman–Crippen LogP) is 5.97. The summed E-state index contributed by atoms with van der Waals surface area (Å²) >= 11 is 9.74. The van der Waals surface area contributed by atoms with Gasteiger partial charge in [0.15, 0.2) is 0 Å². The third kappa shape index (κ3) is 4.06. The number of nitrogens with one attached hydrogen (secondary N) is 1. The molecule has 1 N–H and O–H groups in total. The molecular formula is C17H18BrClFN. The largest absolute Gasteiger partial charge is 0.310 e. The number of hydrogen-bond acceptors (Lipinski definition) is 1. The molecule has 1 nitrogen and oxygen atoms in total. The first-order chi connectivity index (χ1) is 10.0. The van der Waals surface area contributed by atoms with Crippen molar-refractivity contribution in [2.75, 3.05) is 6.54 Å². The molecule has 0 heterocycles. The van der Waals surface area contributed by atoms with Crippen LogP contribution in [0.1, 0.15) is 31.9 Å². The second kappa shape index (κ2) is 7.39. The maximum atomic E-state index is 13.9. The van der Waals surface area contributed by atoms with Crippen molar-refractivity contribution in [3.05, 3.63) is 57.3 Å². The van der Waals surface area contributed by atoms with Gasteiger partial charge in [-0.05, 0) is 55.3 Å². The van der Waals surface area contributed by atoms with Crippen molar-refractivity contribution in [3.63, 3.8) is 0 Å². The molecule has 0 radical (unpaired) electrons. The van der Waals surface area contributed by atoms with Crippen LogP contribution in [0.25, 0.3) is 11.1 Å². The monoisotopic (exact) mass is 369 g/mol. The third-order valence-corrected chi connectivity index (χ3v) is 4.23. The molecular weight excluding hydrogens is 353 g/mol. The van der Waals surface area contributed by atoms with Crippen molar-refractivity contribution >= 4 is 27.5 Å². The maximum Gasteiger partial charge on any atom is 0.131 e. The van der Waals surface area contributed by atoms with Crippen molar-refractivity contribution in [3.8, 4) is 11.1 Å². The molecule has 0 fully saturated rings. The van der Waals surface area contributed by atoms with Gasteiger partial charge in [-0.25, -0.2) is 4.39 Å². The fraction of sp³-hybridized carbons (Fsp3) is 0.294. The summed E-state index contributed by atoms with van der Waals surface area (Å²) in [5.41, 5.74) is 2.36. The first-order valence-electron chi connectivity index (χ1n) is 7.01. The highest BCUT2D eigenvalue weighted by Crippen LogP contribution is 2.31. The molecule has 1 unspecified atom stereocenters. The van der Waals surface area contributed by atoms with Gasteiger partial charge in [-0.2, -0.15) is 0 Å². The SMILES string of the molecule is CCCNC(C)c1ccc(-c2cc(Br)ccc2F)cc1Cl. The molecule has 0 amide bonds. The molecule has 2 rings (SSSR count). The molecule has 0 bridgehead atoms. The van der Waals surface area contributed by atoms with E-state index >= 15 is 0 Å². The lowest BCUT2D eigenvalue weighted by Gasteiger charge is -2.16. The lowest BCUT2D eigenvalue weighted by molar-refractivity contribution is 0.571. The topological polar surface area (TPSA) is 12.0 Å². The van der Waals surface area contributed by atoms with Gasteiger partial charge in [0.25, 0.3) is 0 Å². The highest BCUT2D eigenvalue weighted by Gasteiger charge is 2.12. The van der Waals surface area contributed by atoms with Gasteiger partial charge >= 0.3 is 0 Å². The summed E-state index contributed by atoms with van der Waals surface area (Å²) < 4.78 is 14.8. The lowest BCUT2D eigenvalue weighted by atomic mass is 10.0. The van der Waals surface area contributed by atoms with E-state index in [1.807, 2.05) is 18.2 Å². The Bertz CT molecular complexity index is 630. The molecule has 2 aromatic carbocycles. The van der Waals surface area contributed by atoms with Crippen molar-refractivity contribution in [1.29, 1.82) is 0 Å². The summed E-state index contributed by atoms with van der Waals surface area (Å²) in [6, 6.07) is 10.8. The Kier molecular flexibility index (Phi) is 5.80. The first-order valence-corrected chi connectivity index (χ1v) is 8.18. The number of benzene rings is 2. The summed E-state index contributed by atoms with van der Waals surface area (Å²) in [6.07, 6.45) is 1.07. The highest BCUT2D eigenvalue weighted by molar-refractivity contribution is 9.10. The van der Waals surface area contributed by atoms with E-state index in [1.54, 1.807) is 12.1 Å². The summed E-state index contributed by atoms with van der Waals surface area (Å²) in [7, 11) is 0. The van der Waals surface area contributed by atoms with Crippen LogP contribution in [0.15, 0.2) is 40.9 Å². The van der Waals surface area contributed by atoms with E-state index in [9.17, 15) is 4.39 Å². The van der Waals surface area contributed by atoms with Crippen LogP contribution in [0.2, 0.25) is 5.02 Å². The quantitative estimate of drug-likeness (QED) is 0.683. The van der Waals surface area contributed by atoms with Crippen LogP contribution in [-0.2, 0) is 0 Å². The van der Waals surface area contributed by atoms with Gasteiger partial charge in [-0.1, -0.05) is 46.6 Å². The van der Waals surface area contributed by atoms with Crippen LogP contribution < -0.4 is 5.32 Å². The summed E-state index contributed by atoms with van der Waals surface area (Å²) in [5.74, 6) is -0.251. The molecule has 0 spiro atoms. The van der Waals surface area contributed by atoms with Crippen molar-refractivity contribution < 1.29 is 4.39 Å². The second-order valence-electron chi connectivity index (χ2n) is 5.04. The molecule has 1 atom stereocenters. The molecule has 0 aromatic heterocycles. The van der Waals surface area contributed by atoms with Gasteiger partial charge in [-0.3, -0.25) is 0 Å². The van der Waals surface area contributed by atoms with E-state index in [0.29, 0.717) is 10.6 Å². The fourth-order valence-corrected chi connectivity index (χ4v) is 2.94. The Balaban J connectivity index is 2.32. The van der Waals surface area contributed by atoms with Gasteiger partial charge in [-0.15, -0.1) is 0 Å². The van der Waals surface area contributed by atoms with Crippen molar-refractivity contribution in [2.24, 2.45) is 0 Å². The molecule has 0 saturated carbocycles. The fourth-order valence-electron chi connectivity index (χ4n) is 2.24. The van der Waals surface area contributed by atoms with Crippen LogP contribution in [0.4, 0.5) is 4.39 Å². The van der Waals surface area contributed by atoms with Crippen LogP contribution in [0.5, 0.6) is 0 Å². The third-order valence-electron chi connectivity index (χ3n) is 3.41. The van der Waals surface area contributed by atoms with E-state index in [2.05, 4.69) is 35.1 Å². The number of halogens is 3. The number of rotatable bonds is 5. The Morgan fingerprint density at radius 2 is 2.00 bits per heavy atom. The lowest BCUT2D eigenvalue weighted by Crippen LogP contribution is -2.19. The summed E-state index contributed by atoms with van der Waals surface area (Å²) in [4.78, 5) is 0. The van der Waals surface area contributed by atoms with E-state index in [1.165, 1.54) is 6.07 Å². The molecule has 2 aromatic rings. The zero-order chi connectivity index (χ0) is 15.4. The van der Waals surface area contributed by atoms with Gasteiger partial charge < -0.3 is 5.32 Å². The van der Waals surface area contributed by atoms with Gasteiger partial charge in [0.2, 0.25) is 0 Å². The van der Waals surface area contributed by atoms with Gasteiger partial charge in [0.05, 0.1) is 0 Å². The molecule has 0 aliphatic heterocycles. The normalized spacial score (nSPS) is 12.4. The minimum atomic E-state index is -0.251. The van der Waals surface area contributed by atoms with E-state index in [4.69, 9.17) is 11.6 Å². The Morgan fingerprint density at radius 1 is 1.24 bits per heavy atom. The molecule has 0 saturated heterocycles. The predicted molar refractivity (Wildman–Crippen MR) is 91.3 cm³/mol. The Morgan fingerprint density at radius 3 is 2.67 bits per heavy atom. The van der Waals surface area contributed by atoms with Gasteiger partial charge in [0, 0.05) is 21.1 Å². The second-order valence-corrected chi connectivity index (χ2v) is 6.36. The smallest absolute Gasteiger partial charge is 0.131 e. The molecule has 112 valence electrons. The van der Waals surface area contributed by atoms with E-state index in [-0.39, 0.29) is 11.9 Å². The van der Waals surface area contributed by atoms with Crippen molar-refractivity contribution in [1.82, 2.24) is 5.32 Å². The maximum absolute atomic E-state index is 13.9. The van der Waals surface area contributed by atoms with E-state index in [0.717, 1.165) is 28.6 Å². The molecule has 0 aliphatic carbocycles. The zero-order valence-electron chi connectivity index (χ0n) is 12.1. The van der Waals surface area contributed by atoms with Crippen molar-refractivity contribution in [2.45, 2.75) is 26.3 Å². The molecule has 21 heavy (non-hydrogen) atoms. The Hall–Kier alpha value is -0.900. The molecule has 0 aliphatic rings. The van der Waals surface area contributed by atoms with Crippen LogP contribution >= 0.6 is 27.5 Å². The van der Waals surface area contributed by atoms with E-state index < -0.39 is 0 Å². The Labute approximate surface area is 138 Å². The minimum absolute atomic E-state index is 0.179. The summed E-state index contributed by atoms with van der Waals surface area (Å²) in [6.45, 7) is 5.15. The highest BCUT2D eigenvalue weighted by atomic mass is 79.9. The zero-order valence-corrected chi connectivity index (χ0v) is 14.4. The first kappa shape index (κ1) is 16.5. The van der Waals surface area contributed by atoms with Crippen LogP contribution in [-0.4, -0.2) is 6.54 Å². The standard InChI is InChI=1S/C17H18BrClFN/c1-3-8-21-11(2)14-6-4-12(9-16(14)19)15-10-13(18)5-7-17(15)20/h4-7,9-11,21H,3,8H2,1-2H3. The summed E-state index contributed by atoms with van der Waals surface area (Å²) in [5, 5.41) is 4.06. The number of hydrogen-bond donors (Lipinski definition) is 1. The average Bonchev–Trinajstić information content (AvgIpc) is 2.47. The van der Waals surface area contributed by atoms with Gasteiger partial charge in [0.1, 0.15) is 5.82 Å².